The number of carboxylic acid groups (broad SMARTS) is 1. The van der Waals surface area contributed by atoms with Gasteiger partial charge in [-0.3, -0.25) is 48.1 Å². The fraction of sp³-hybridized carbons (Fsp3) is 0.578. The van der Waals surface area contributed by atoms with Crippen molar-refractivity contribution in [2.75, 3.05) is 19.6 Å². The predicted octanol–water partition coefficient (Wildman–Crippen LogP) is -3.29. The normalized spacial score (nSPS) is 14.2. The first kappa shape index (κ1) is 59.1. The van der Waals surface area contributed by atoms with Gasteiger partial charge in [-0.2, -0.15) is 0 Å². The number of Topliss-reactive ketones (excluding diaryl/α,β-unsaturated/α-hetero) is 1. The fourth-order valence-electron chi connectivity index (χ4n) is 7.02. The Morgan fingerprint density at radius 3 is 1.63 bits per heavy atom. The summed E-state index contributed by atoms with van der Waals surface area (Å²) in [5.41, 5.74) is 33.9. The molecule has 20 N–H and O–H groups in total. The summed E-state index contributed by atoms with van der Waals surface area (Å²) in [6.45, 7) is 5.34. The van der Waals surface area contributed by atoms with Crippen LogP contribution in [0.4, 0.5) is 0 Å². The first-order valence-corrected chi connectivity index (χ1v) is 23.1. The largest absolute Gasteiger partial charge is 0.481 e. The zero-order valence-electron chi connectivity index (χ0n) is 40.2. The van der Waals surface area contributed by atoms with Crippen molar-refractivity contribution in [2.24, 2.45) is 44.8 Å². The highest BCUT2D eigenvalue weighted by Crippen LogP contribution is 2.19. The molecular formula is C45H73N15O10. The summed E-state index contributed by atoms with van der Waals surface area (Å²) in [6.07, 6.45) is 3.33. The summed E-state index contributed by atoms with van der Waals surface area (Å²) >= 11 is 0. The lowest BCUT2D eigenvalue weighted by atomic mass is 9.85. The van der Waals surface area contributed by atoms with Crippen LogP contribution in [0.5, 0.6) is 0 Å². The van der Waals surface area contributed by atoms with Crippen LogP contribution in [0.25, 0.3) is 0 Å². The van der Waals surface area contributed by atoms with Gasteiger partial charge >= 0.3 is 5.97 Å². The van der Waals surface area contributed by atoms with E-state index >= 15 is 0 Å². The molecule has 2 rings (SSSR count). The number of nitrogens with one attached hydrogen (secondary N) is 7. The smallest absolute Gasteiger partial charge is 0.305 e. The summed E-state index contributed by atoms with van der Waals surface area (Å²) in [6, 6.07) is -1.23. The van der Waals surface area contributed by atoms with Gasteiger partial charge in [0.2, 0.25) is 41.4 Å². The van der Waals surface area contributed by atoms with Gasteiger partial charge in [-0.25, -0.2) is 4.98 Å². The SMILES string of the molecule is CC(C)(C)C(=O)[C@H](CC(=O)O)NC(=O)[C@H](CCCCN)NC(=O)[C@H](CC(N)=O)NC(=O)[C@H](Cc1ccccc1)NC(=O)[C@H](CCCN=C(N)N)NC(=O)[C@H](Cc1cnc[nH]1)NC(=O)[C@@H](N)CCCCN. The molecule has 0 radical (unpaired) electrons. The maximum absolute atomic E-state index is 14.3. The van der Waals surface area contributed by atoms with Crippen LogP contribution >= 0.6 is 0 Å². The number of hydrogen-bond donors (Lipinski definition) is 14. The number of nitrogens with zero attached hydrogens (tertiary/aromatic N) is 2. The van der Waals surface area contributed by atoms with Gasteiger partial charge in [0.05, 0.1) is 31.3 Å². The van der Waals surface area contributed by atoms with Crippen LogP contribution in [0.15, 0.2) is 47.8 Å². The standard InChI is InChI=1S/C45H73N15O10/c1-45(2,3)37(64)31(23-36(62)63)57-39(66)29(15-8-10-18-47)55-43(70)34(22-35(49)61)60-41(68)32(20-26-12-5-4-6-13-26)59-40(67)30(16-11-19-53-44(50)51)56-42(69)33(21-27-24-52-25-54-27)58-38(65)28(48)14-7-9-17-46/h4-6,12-13,24-25,28-34H,7-11,14-23,46-48H2,1-3H3,(H2,49,61)(H,52,54)(H,55,70)(H,56,69)(H,57,66)(H,58,65)(H,59,67)(H,60,68)(H,62,63)(H4,50,51,53)/t28-,29-,30-,31-,32-,33-,34-/m0/s1. The molecule has 1 heterocycles. The van der Waals surface area contributed by atoms with Crippen LogP contribution in [-0.2, 0) is 56.0 Å². The fourth-order valence-corrected chi connectivity index (χ4v) is 7.02. The third-order valence-electron chi connectivity index (χ3n) is 10.8. The number of unbranched alkanes of at least 4 members (excludes halogenated alkanes) is 2. The lowest BCUT2D eigenvalue weighted by Crippen LogP contribution is -2.60. The Bertz CT molecular complexity index is 2060. The molecule has 0 saturated carbocycles. The number of ketones is 1. The van der Waals surface area contributed by atoms with Crippen LogP contribution < -0.4 is 66.3 Å². The molecule has 1 aromatic heterocycles. The van der Waals surface area contributed by atoms with Crippen molar-refractivity contribution in [3.63, 3.8) is 0 Å². The number of imidazole rings is 1. The second kappa shape index (κ2) is 30.5. The second-order valence-electron chi connectivity index (χ2n) is 17.8. The number of aromatic amines is 1. The number of carboxylic acids is 1. The van der Waals surface area contributed by atoms with E-state index in [-0.39, 0.29) is 51.2 Å². The first-order valence-electron chi connectivity index (χ1n) is 23.1. The van der Waals surface area contributed by atoms with Gasteiger partial charge in [0.1, 0.15) is 30.2 Å². The van der Waals surface area contributed by atoms with E-state index in [2.05, 4.69) is 46.9 Å². The Hall–Kier alpha value is -6.99. The van der Waals surface area contributed by atoms with Gasteiger partial charge < -0.3 is 76.4 Å². The minimum atomic E-state index is -1.72. The van der Waals surface area contributed by atoms with Crippen molar-refractivity contribution in [2.45, 2.75) is 140 Å². The molecule has 0 spiro atoms. The molecule has 25 heteroatoms. The van der Waals surface area contributed by atoms with Crippen molar-refractivity contribution in [3.05, 3.63) is 54.1 Å². The van der Waals surface area contributed by atoms with Crippen molar-refractivity contribution in [3.8, 4) is 0 Å². The first-order chi connectivity index (χ1) is 33.1. The lowest BCUT2D eigenvalue weighted by Gasteiger charge is -2.28. The van der Waals surface area contributed by atoms with Gasteiger partial charge in [-0.15, -0.1) is 0 Å². The highest BCUT2D eigenvalue weighted by molar-refractivity contribution is 5.99. The van der Waals surface area contributed by atoms with Gasteiger partial charge in [0, 0.05) is 36.7 Å². The second-order valence-corrected chi connectivity index (χ2v) is 17.8. The number of carbonyl (C=O) groups excluding carboxylic acids is 8. The minimum Gasteiger partial charge on any atom is -0.481 e. The Morgan fingerprint density at radius 1 is 0.629 bits per heavy atom. The molecule has 1 aromatic carbocycles. The average molecular weight is 984 g/mol. The van der Waals surface area contributed by atoms with Crippen LogP contribution in [-0.4, -0.2) is 136 Å². The summed E-state index contributed by atoms with van der Waals surface area (Å²) in [5, 5.41) is 24.9. The molecule has 70 heavy (non-hydrogen) atoms. The van der Waals surface area contributed by atoms with Crippen molar-refractivity contribution < 1.29 is 48.3 Å². The zero-order chi connectivity index (χ0) is 52.4. The molecule has 0 bridgehead atoms. The van der Waals surface area contributed by atoms with Crippen LogP contribution in [0.1, 0.15) is 96.2 Å². The highest BCUT2D eigenvalue weighted by Gasteiger charge is 2.37. The minimum absolute atomic E-state index is 0.0352. The van der Waals surface area contributed by atoms with Gasteiger partial charge in [-0.05, 0) is 63.6 Å². The third kappa shape index (κ3) is 22.4. The number of benzene rings is 1. The van der Waals surface area contributed by atoms with E-state index in [0.717, 1.165) is 0 Å². The summed E-state index contributed by atoms with van der Waals surface area (Å²) < 4.78 is 0. The van der Waals surface area contributed by atoms with E-state index in [1.54, 1.807) is 51.1 Å². The number of aliphatic imine (C=N–C) groups is 1. The number of nitrogens with two attached hydrogens (primary N) is 6. The molecule has 0 saturated heterocycles. The number of guanidine groups is 1. The number of rotatable bonds is 33. The molecule has 388 valence electrons. The van der Waals surface area contributed by atoms with Crippen molar-refractivity contribution >= 4 is 59.1 Å². The van der Waals surface area contributed by atoms with Crippen LogP contribution in [0.3, 0.4) is 0 Å². The summed E-state index contributed by atoms with van der Waals surface area (Å²) in [5.74, 6) is -8.39. The summed E-state index contributed by atoms with van der Waals surface area (Å²) in [4.78, 5) is 132. The monoisotopic (exact) mass is 984 g/mol. The van der Waals surface area contributed by atoms with E-state index in [1.807, 2.05) is 0 Å². The number of carbonyl (C=O) groups is 9. The zero-order valence-corrected chi connectivity index (χ0v) is 40.2. The number of primary amides is 1. The highest BCUT2D eigenvalue weighted by atomic mass is 16.4. The Labute approximate surface area is 407 Å². The van der Waals surface area contributed by atoms with E-state index in [4.69, 9.17) is 34.4 Å². The van der Waals surface area contributed by atoms with E-state index in [0.29, 0.717) is 49.9 Å². The number of amides is 7. The van der Waals surface area contributed by atoms with Crippen LogP contribution in [0, 0.1) is 5.41 Å². The third-order valence-corrected chi connectivity index (χ3v) is 10.8. The average Bonchev–Trinajstić information content (AvgIpc) is 3.81. The number of hydrogen-bond acceptors (Lipinski definition) is 14. The van der Waals surface area contributed by atoms with Gasteiger partial charge in [0.25, 0.3) is 0 Å². The molecule has 0 aliphatic heterocycles. The maximum Gasteiger partial charge on any atom is 0.305 e. The molecule has 25 nitrogen and oxygen atoms in total. The van der Waals surface area contributed by atoms with Crippen LogP contribution in [0.2, 0.25) is 0 Å². The topological polar surface area (TPSA) is 443 Å². The maximum atomic E-state index is 14.3. The summed E-state index contributed by atoms with van der Waals surface area (Å²) in [7, 11) is 0. The lowest BCUT2D eigenvalue weighted by molar-refractivity contribution is -0.142. The van der Waals surface area contributed by atoms with E-state index < -0.39 is 114 Å². The molecular weight excluding hydrogens is 911 g/mol. The van der Waals surface area contributed by atoms with Gasteiger partial charge in [0.15, 0.2) is 11.7 Å². The quantitative estimate of drug-likeness (QED) is 0.0189. The van der Waals surface area contributed by atoms with E-state index in [9.17, 15) is 48.3 Å². The molecule has 0 aliphatic carbocycles. The Morgan fingerprint density at radius 2 is 1.11 bits per heavy atom. The predicted molar refractivity (Wildman–Crippen MR) is 258 cm³/mol. The van der Waals surface area contributed by atoms with Gasteiger partial charge in [-0.1, -0.05) is 57.5 Å². The number of aliphatic carboxylic acids is 1. The molecule has 0 fully saturated rings. The molecule has 7 atom stereocenters. The Kier molecular flexibility index (Phi) is 25.8. The molecule has 0 aliphatic rings. The molecule has 2 aromatic rings. The van der Waals surface area contributed by atoms with Crippen molar-refractivity contribution in [1.82, 2.24) is 41.9 Å². The number of H-pyrrole nitrogens is 1. The number of aromatic nitrogens is 2. The molecule has 0 unspecified atom stereocenters. The van der Waals surface area contributed by atoms with Crippen molar-refractivity contribution in [1.29, 1.82) is 0 Å². The Balaban J connectivity index is 2.51. The van der Waals surface area contributed by atoms with E-state index in [1.165, 1.54) is 12.5 Å². The molecule has 7 amide bonds.